The molecule has 0 aromatic heterocycles. The molecule has 3 aromatic carbocycles. The zero-order valence-electron chi connectivity index (χ0n) is 14.6. The van der Waals surface area contributed by atoms with Gasteiger partial charge in [0.05, 0.1) is 10.7 Å². The number of ether oxygens (including phenoxy) is 2. The Kier molecular flexibility index (Phi) is 7.43. The minimum atomic E-state index is 0.496. The van der Waals surface area contributed by atoms with E-state index in [4.69, 9.17) is 9.47 Å². The number of rotatable bonds is 7. The van der Waals surface area contributed by atoms with Crippen LogP contribution < -0.4 is 14.8 Å². The topological polar surface area (TPSA) is 30.5 Å². The summed E-state index contributed by atoms with van der Waals surface area (Å²) in [6.07, 6.45) is 0. The van der Waals surface area contributed by atoms with Crippen molar-refractivity contribution in [1.29, 1.82) is 0 Å². The van der Waals surface area contributed by atoms with Gasteiger partial charge in [0.1, 0.15) is 6.61 Å². The van der Waals surface area contributed by atoms with Gasteiger partial charge in [0.25, 0.3) is 0 Å². The van der Waals surface area contributed by atoms with Gasteiger partial charge in [0, 0.05) is 21.2 Å². The van der Waals surface area contributed by atoms with Crippen LogP contribution in [0.25, 0.3) is 0 Å². The second-order valence-electron chi connectivity index (χ2n) is 5.88. The van der Waals surface area contributed by atoms with Gasteiger partial charge in [-0.25, -0.2) is 0 Å². The molecule has 27 heavy (non-hydrogen) atoms. The average molecular weight is 603 g/mol. The van der Waals surface area contributed by atoms with E-state index in [2.05, 4.69) is 65.8 Å². The second-order valence-corrected chi connectivity index (χ2v) is 8.88. The summed E-state index contributed by atoms with van der Waals surface area (Å²) in [4.78, 5) is 0. The lowest BCUT2D eigenvalue weighted by molar-refractivity contribution is 0.282. The molecule has 140 valence electrons. The van der Waals surface area contributed by atoms with Crippen LogP contribution in [0, 0.1) is 3.57 Å². The molecule has 0 aliphatic carbocycles. The summed E-state index contributed by atoms with van der Waals surface area (Å²) >= 11 is 9.20. The molecule has 0 spiro atoms. The molecule has 0 saturated heterocycles. The summed E-state index contributed by atoms with van der Waals surface area (Å²) in [5, 5.41) is 3.42. The van der Waals surface area contributed by atoms with Crippen molar-refractivity contribution >= 4 is 60.1 Å². The van der Waals surface area contributed by atoms with Gasteiger partial charge in [-0.2, -0.15) is 0 Å². The van der Waals surface area contributed by atoms with Crippen LogP contribution in [0.5, 0.6) is 11.5 Å². The molecule has 3 rings (SSSR count). The van der Waals surface area contributed by atoms with Crippen molar-refractivity contribution < 1.29 is 9.47 Å². The van der Waals surface area contributed by atoms with E-state index < -0.39 is 0 Å². The quantitative estimate of drug-likeness (QED) is 0.295. The number of halogens is 3. The van der Waals surface area contributed by atoms with E-state index in [-0.39, 0.29) is 0 Å². The lowest BCUT2D eigenvalue weighted by atomic mass is 10.2. The van der Waals surface area contributed by atoms with Crippen LogP contribution in [0.4, 0.5) is 5.69 Å². The third-order valence-electron chi connectivity index (χ3n) is 3.93. The summed E-state index contributed by atoms with van der Waals surface area (Å²) in [6.45, 7) is 1.21. The molecule has 0 bridgehead atoms. The predicted molar refractivity (Wildman–Crippen MR) is 126 cm³/mol. The van der Waals surface area contributed by atoms with Gasteiger partial charge in [-0.15, -0.1) is 0 Å². The molecule has 0 saturated carbocycles. The van der Waals surface area contributed by atoms with Crippen LogP contribution in [0.3, 0.4) is 0 Å². The summed E-state index contributed by atoms with van der Waals surface area (Å²) < 4.78 is 14.8. The highest BCUT2D eigenvalue weighted by atomic mass is 127. The lowest BCUT2D eigenvalue weighted by Crippen LogP contribution is -2.03. The predicted octanol–water partition coefficient (Wildman–Crippen LogP) is 7.02. The molecule has 0 aliphatic heterocycles. The largest absolute Gasteiger partial charge is 0.493 e. The third-order valence-corrected chi connectivity index (χ3v) is 5.79. The molecule has 0 unspecified atom stereocenters. The van der Waals surface area contributed by atoms with E-state index in [9.17, 15) is 0 Å². The standard InChI is InChI=1S/C21H18Br2INO2/c1-26-20-11-15(12-25-18-8-6-17(23)7-9-18)10-19(24)21(20)27-13-14-2-4-16(22)5-3-14/h2-11,25H,12-13H2,1H3. The molecular weight excluding hydrogens is 585 g/mol. The van der Waals surface area contributed by atoms with Crippen LogP contribution in [0.1, 0.15) is 11.1 Å². The first-order valence-corrected chi connectivity index (χ1v) is 10.9. The van der Waals surface area contributed by atoms with Crippen LogP contribution in [-0.4, -0.2) is 7.11 Å². The van der Waals surface area contributed by atoms with Gasteiger partial charge >= 0.3 is 0 Å². The number of methoxy groups -OCH3 is 1. The first-order chi connectivity index (χ1) is 13.0. The maximum atomic E-state index is 6.04. The monoisotopic (exact) mass is 601 g/mol. The number of nitrogens with one attached hydrogen (secondary N) is 1. The highest BCUT2D eigenvalue weighted by Crippen LogP contribution is 2.35. The third kappa shape index (κ3) is 5.86. The number of anilines is 1. The first-order valence-electron chi connectivity index (χ1n) is 8.28. The van der Waals surface area contributed by atoms with Crippen LogP contribution in [0.15, 0.2) is 69.6 Å². The lowest BCUT2D eigenvalue weighted by Gasteiger charge is -2.15. The molecule has 0 amide bonds. The smallest absolute Gasteiger partial charge is 0.174 e. The maximum Gasteiger partial charge on any atom is 0.174 e. The molecule has 3 nitrogen and oxygen atoms in total. The average Bonchev–Trinajstić information content (AvgIpc) is 2.67. The Morgan fingerprint density at radius 3 is 2.15 bits per heavy atom. The summed E-state index contributed by atoms with van der Waals surface area (Å²) in [5.74, 6) is 1.51. The Hall–Kier alpha value is -1.25. The highest BCUT2D eigenvalue weighted by Gasteiger charge is 2.12. The van der Waals surface area contributed by atoms with Crippen LogP contribution >= 0.6 is 54.5 Å². The van der Waals surface area contributed by atoms with E-state index >= 15 is 0 Å². The van der Waals surface area contributed by atoms with Crippen molar-refractivity contribution in [3.63, 3.8) is 0 Å². The van der Waals surface area contributed by atoms with E-state index in [1.165, 1.54) is 0 Å². The minimum absolute atomic E-state index is 0.496. The fraction of sp³-hybridized carbons (Fsp3) is 0.143. The molecule has 0 heterocycles. The SMILES string of the molecule is COc1cc(CNc2ccc(Br)cc2)cc(I)c1OCc1ccc(Br)cc1. The molecule has 0 radical (unpaired) electrons. The Labute approximate surface area is 189 Å². The minimum Gasteiger partial charge on any atom is -0.493 e. The molecule has 0 fully saturated rings. The Morgan fingerprint density at radius 1 is 0.889 bits per heavy atom. The number of hydrogen-bond acceptors (Lipinski definition) is 3. The van der Waals surface area contributed by atoms with E-state index in [0.717, 1.165) is 40.8 Å². The molecular formula is C21H18Br2INO2. The molecule has 3 aromatic rings. The zero-order chi connectivity index (χ0) is 19.2. The molecule has 1 N–H and O–H groups in total. The van der Waals surface area contributed by atoms with Crippen molar-refractivity contribution in [3.8, 4) is 11.5 Å². The normalized spacial score (nSPS) is 10.5. The van der Waals surface area contributed by atoms with Gasteiger partial charge in [-0.3, -0.25) is 0 Å². The summed E-state index contributed by atoms with van der Waals surface area (Å²) in [6, 6.07) is 20.4. The Morgan fingerprint density at radius 2 is 1.52 bits per heavy atom. The van der Waals surface area contributed by atoms with E-state index in [1.807, 2.05) is 54.6 Å². The summed E-state index contributed by atoms with van der Waals surface area (Å²) in [7, 11) is 1.67. The van der Waals surface area contributed by atoms with Gasteiger partial charge in [0.15, 0.2) is 11.5 Å². The fourth-order valence-electron chi connectivity index (χ4n) is 2.52. The highest BCUT2D eigenvalue weighted by molar-refractivity contribution is 14.1. The summed E-state index contributed by atoms with van der Waals surface area (Å²) in [5.41, 5.74) is 3.31. The second kappa shape index (κ2) is 9.80. The molecule has 6 heteroatoms. The zero-order valence-corrected chi connectivity index (χ0v) is 20.0. The van der Waals surface area contributed by atoms with Gasteiger partial charge < -0.3 is 14.8 Å². The number of benzene rings is 3. The van der Waals surface area contributed by atoms with Crippen LogP contribution in [0.2, 0.25) is 0 Å². The van der Waals surface area contributed by atoms with Crippen molar-refractivity contribution in [3.05, 3.63) is 84.3 Å². The number of hydrogen-bond donors (Lipinski definition) is 1. The van der Waals surface area contributed by atoms with Crippen molar-refractivity contribution in [2.24, 2.45) is 0 Å². The van der Waals surface area contributed by atoms with Crippen molar-refractivity contribution in [2.75, 3.05) is 12.4 Å². The van der Waals surface area contributed by atoms with Crippen LogP contribution in [-0.2, 0) is 13.2 Å². The van der Waals surface area contributed by atoms with Gasteiger partial charge in [0.2, 0.25) is 0 Å². The van der Waals surface area contributed by atoms with Crippen molar-refractivity contribution in [1.82, 2.24) is 0 Å². The fourth-order valence-corrected chi connectivity index (χ4v) is 3.87. The molecule has 0 atom stereocenters. The van der Waals surface area contributed by atoms with Crippen molar-refractivity contribution in [2.45, 2.75) is 13.2 Å². The van der Waals surface area contributed by atoms with Gasteiger partial charge in [-0.1, -0.05) is 44.0 Å². The molecule has 0 aliphatic rings. The Bertz CT molecular complexity index is 899. The van der Waals surface area contributed by atoms with E-state index in [0.29, 0.717) is 13.2 Å². The first kappa shape index (κ1) is 20.5. The Balaban J connectivity index is 1.70. The van der Waals surface area contributed by atoms with E-state index in [1.54, 1.807) is 7.11 Å². The van der Waals surface area contributed by atoms with Gasteiger partial charge in [-0.05, 0) is 82.2 Å². The maximum absolute atomic E-state index is 6.04.